The lowest BCUT2D eigenvalue weighted by Gasteiger charge is -2.16. The maximum Gasteiger partial charge on any atom is 0.108 e. The second kappa shape index (κ2) is 6.41. The highest BCUT2D eigenvalue weighted by atomic mass is 16.3. The van der Waals surface area contributed by atoms with Crippen LogP contribution in [0.1, 0.15) is 36.3 Å². The van der Waals surface area contributed by atoms with Crippen molar-refractivity contribution in [3.63, 3.8) is 0 Å². The Hall–Kier alpha value is -1.54. The minimum absolute atomic E-state index is 0.374. The summed E-state index contributed by atoms with van der Waals surface area (Å²) in [6.07, 6.45) is 4.92. The minimum Gasteiger partial charge on any atom is -0.469 e. The Balaban J connectivity index is 2.02. The monoisotopic (exact) mass is 243 g/mol. The van der Waals surface area contributed by atoms with Gasteiger partial charge in [-0.05, 0) is 31.5 Å². The molecule has 1 N–H and O–H groups in total. The predicted octanol–water partition coefficient (Wildman–Crippen LogP) is 3.74. The first-order valence-corrected chi connectivity index (χ1v) is 6.62. The first kappa shape index (κ1) is 12.9. The van der Waals surface area contributed by atoms with Crippen molar-refractivity contribution >= 4 is 0 Å². The van der Waals surface area contributed by atoms with Crippen LogP contribution < -0.4 is 5.32 Å². The summed E-state index contributed by atoms with van der Waals surface area (Å²) in [7, 11) is 2.02. The minimum atomic E-state index is 0.374. The lowest BCUT2D eigenvalue weighted by molar-refractivity contribution is 0.486. The molecule has 1 heterocycles. The van der Waals surface area contributed by atoms with Gasteiger partial charge in [0, 0.05) is 18.0 Å². The molecule has 2 heteroatoms. The van der Waals surface area contributed by atoms with Crippen molar-refractivity contribution in [3.8, 4) is 0 Å². The Bertz CT molecular complexity index is 461. The van der Waals surface area contributed by atoms with Crippen LogP contribution in [0.3, 0.4) is 0 Å². The third-order valence-corrected chi connectivity index (χ3v) is 3.39. The molecule has 0 spiro atoms. The van der Waals surface area contributed by atoms with Gasteiger partial charge in [-0.3, -0.25) is 0 Å². The molecule has 2 aromatic rings. The van der Waals surface area contributed by atoms with Crippen LogP contribution in [0.15, 0.2) is 47.1 Å². The molecule has 1 unspecified atom stereocenters. The molecule has 0 amide bonds. The normalized spacial score (nSPS) is 12.6. The molecule has 0 aliphatic carbocycles. The number of hydrogen-bond acceptors (Lipinski definition) is 2. The van der Waals surface area contributed by atoms with Crippen molar-refractivity contribution in [3.05, 3.63) is 59.5 Å². The fourth-order valence-electron chi connectivity index (χ4n) is 2.36. The summed E-state index contributed by atoms with van der Waals surface area (Å²) in [6.45, 7) is 2.13. The van der Waals surface area contributed by atoms with Crippen molar-refractivity contribution in [1.82, 2.24) is 5.32 Å². The Labute approximate surface area is 109 Å². The molecule has 0 fully saturated rings. The number of aryl methyl sites for hydroxylation is 2. The first-order chi connectivity index (χ1) is 8.85. The maximum absolute atomic E-state index is 5.51. The van der Waals surface area contributed by atoms with E-state index in [9.17, 15) is 0 Å². The number of rotatable bonds is 6. The second-order valence-corrected chi connectivity index (χ2v) is 4.52. The Morgan fingerprint density at radius 1 is 1.17 bits per heavy atom. The van der Waals surface area contributed by atoms with E-state index in [-0.39, 0.29) is 0 Å². The van der Waals surface area contributed by atoms with Gasteiger partial charge in [0.05, 0.1) is 6.26 Å². The largest absolute Gasteiger partial charge is 0.469 e. The summed E-state index contributed by atoms with van der Waals surface area (Å²) in [5.41, 5.74) is 2.69. The summed E-state index contributed by atoms with van der Waals surface area (Å²) in [6, 6.07) is 13.1. The van der Waals surface area contributed by atoms with Gasteiger partial charge >= 0.3 is 0 Å². The van der Waals surface area contributed by atoms with Gasteiger partial charge in [-0.1, -0.05) is 37.3 Å². The average molecular weight is 243 g/mol. The number of nitrogens with one attached hydrogen (secondary N) is 1. The zero-order valence-electron chi connectivity index (χ0n) is 11.1. The third kappa shape index (κ3) is 3.02. The summed E-state index contributed by atoms with van der Waals surface area (Å²) in [4.78, 5) is 0. The summed E-state index contributed by atoms with van der Waals surface area (Å²) >= 11 is 0. The standard InChI is InChI=1S/C16H21NO/c1-3-16-14(11-12-18-16)15(17-2)10-9-13-7-5-4-6-8-13/h4-8,11-12,15,17H,3,9-10H2,1-2H3. The Morgan fingerprint density at radius 2 is 1.94 bits per heavy atom. The number of hydrogen-bond donors (Lipinski definition) is 1. The average Bonchev–Trinajstić information content (AvgIpc) is 2.89. The van der Waals surface area contributed by atoms with Crippen LogP contribution in [0.2, 0.25) is 0 Å². The number of benzene rings is 1. The van der Waals surface area contributed by atoms with Crippen LogP contribution in [-0.2, 0) is 12.8 Å². The fourth-order valence-corrected chi connectivity index (χ4v) is 2.36. The molecule has 0 radical (unpaired) electrons. The van der Waals surface area contributed by atoms with Crippen molar-refractivity contribution in [1.29, 1.82) is 0 Å². The highest BCUT2D eigenvalue weighted by Crippen LogP contribution is 2.24. The SMILES string of the molecule is CCc1occc1C(CCc1ccccc1)NC. The zero-order valence-corrected chi connectivity index (χ0v) is 11.1. The van der Waals surface area contributed by atoms with E-state index in [4.69, 9.17) is 4.42 Å². The van der Waals surface area contributed by atoms with Crippen LogP contribution in [0.5, 0.6) is 0 Å². The molecular weight excluding hydrogens is 222 g/mol. The van der Waals surface area contributed by atoms with Crippen LogP contribution in [0, 0.1) is 0 Å². The predicted molar refractivity (Wildman–Crippen MR) is 74.6 cm³/mol. The molecule has 0 saturated carbocycles. The van der Waals surface area contributed by atoms with Gasteiger partial charge < -0.3 is 9.73 Å². The lowest BCUT2D eigenvalue weighted by atomic mass is 9.99. The smallest absolute Gasteiger partial charge is 0.108 e. The van der Waals surface area contributed by atoms with E-state index in [1.54, 1.807) is 6.26 Å². The van der Waals surface area contributed by atoms with Gasteiger partial charge in [-0.25, -0.2) is 0 Å². The van der Waals surface area contributed by atoms with Gasteiger partial charge in [-0.2, -0.15) is 0 Å². The first-order valence-electron chi connectivity index (χ1n) is 6.62. The summed E-state index contributed by atoms with van der Waals surface area (Å²) in [5.74, 6) is 1.10. The quantitative estimate of drug-likeness (QED) is 0.836. The van der Waals surface area contributed by atoms with Crippen LogP contribution in [0.25, 0.3) is 0 Å². The molecule has 0 aliphatic heterocycles. The molecule has 1 aromatic heterocycles. The van der Waals surface area contributed by atoms with Gasteiger partial charge in [0.2, 0.25) is 0 Å². The Kier molecular flexibility index (Phi) is 4.59. The molecule has 0 aliphatic rings. The molecular formula is C16H21NO. The van der Waals surface area contributed by atoms with E-state index in [2.05, 4.69) is 48.6 Å². The molecule has 1 atom stereocenters. The van der Waals surface area contributed by atoms with Gasteiger partial charge in [-0.15, -0.1) is 0 Å². The van der Waals surface area contributed by atoms with E-state index in [1.807, 2.05) is 7.05 Å². The molecule has 0 saturated heterocycles. The maximum atomic E-state index is 5.51. The van der Waals surface area contributed by atoms with Crippen LogP contribution in [-0.4, -0.2) is 7.05 Å². The molecule has 96 valence electrons. The van der Waals surface area contributed by atoms with Crippen molar-refractivity contribution in [2.75, 3.05) is 7.05 Å². The second-order valence-electron chi connectivity index (χ2n) is 4.52. The molecule has 2 rings (SSSR count). The highest BCUT2D eigenvalue weighted by Gasteiger charge is 2.15. The molecule has 2 nitrogen and oxygen atoms in total. The topological polar surface area (TPSA) is 25.2 Å². The van der Waals surface area contributed by atoms with Crippen molar-refractivity contribution in [2.24, 2.45) is 0 Å². The third-order valence-electron chi connectivity index (χ3n) is 3.39. The molecule has 18 heavy (non-hydrogen) atoms. The Morgan fingerprint density at radius 3 is 2.61 bits per heavy atom. The van der Waals surface area contributed by atoms with Gasteiger partial charge in [0.1, 0.15) is 5.76 Å². The van der Waals surface area contributed by atoms with Crippen molar-refractivity contribution in [2.45, 2.75) is 32.2 Å². The van der Waals surface area contributed by atoms with E-state index in [0.29, 0.717) is 6.04 Å². The van der Waals surface area contributed by atoms with Gasteiger partial charge in [0.15, 0.2) is 0 Å². The summed E-state index contributed by atoms with van der Waals surface area (Å²) in [5, 5.41) is 3.39. The van der Waals surface area contributed by atoms with E-state index in [1.165, 1.54) is 11.1 Å². The fraction of sp³-hybridized carbons (Fsp3) is 0.375. The lowest BCUT2D eigenvalue weighted by Crippen LogP contribution is -2.17. The van der Waals surface area contributed by atoms with E-state index >= 15 is 0 Å². The van der Waals surface area contributed by atoms with Crippen molar-refractivity contribution < 1.29 is 4.42 Å². The molecule has 0 bridgehead atoms. The van der Waals surface area contributed by atoms with E-state index < -0.39 is 0 Å². The number of furan rings is 1. The molecule has 1 aromatic carbocycles. The summed E-state index contributed by atoms with van der Waals surface area (Å²) < 4.78 is 5.51. The highest BCUT2D eigenvalue weighted by molar-refractivity contribution is 5.22. The zero-order chi connectivity index (χ0) is 12.8. The van der Waals surface area contributed by atoms with Crippen LogP contribution in [0.4, 0.5) is 0 Å². The van der Waals surface area contributed by atoms with Crippen LogP contribution >= 0.6 is 0 Å². The van der Waals surface area contributed by atoms with Gasteiger partial charge in [0.25, 0.3) is 0 Å². The van der Waals surface area contributed by atoms with E-state index in [0.717, 1.165) is 25.0 Å².